The van der Waals surface area contributed by atoms with Gasteiger partial charge in [-0.2, -0.15) is 0 Å². The first kappa shape index (κ1) is 40.4. The Hall–Kier alpha value is -4.82. The smallest absolute Gasteiger partial charge is 0.371 e. The van der Waals surface area contributed by atoms with Crippen LogP contribution in [0.15, 0.2) is 81.6 Å². The van der Waals surface area contributed by atoms with E-state index >= 15 is 0 Å². The van der Waals surface area contributed by atoms with Gasteiger partial charge in [-0.1, -0.05) is 58.5 Å². The van der Waals surface area contributed by atoms with Crippen LogP contribution in [0, 0.1) is 0 Å². The van der Waals surface area contributed by atoms with E-state index in [1.54, 1.807) is 37.4 Å². The number of carboxylic acid groups (broad SMARTS) is 2. The number of carboxylic acids is 2. The minimum Gasteiger partial charge on any atom is -0.508 e. The number of furan rings is 2. The molecule has 0 amide bonds. The van der Waals surface area contributed by atoms with E-state index in [2.05, 4.69) is 19.6 Å². The normalized spacial score (nSPS) is 15.2. The number of hydrogen-bond acceptors (Lipinski definition) is 10. The van der Waals surface area contributed by atoms with Crippen molar-refractivity contribution >= 4 is 91.7 Å². The van der Waals surface area contributed by atoms with Crippen LogP contribution in [0.5, 0.6) is 11.5 Å². The van der Waals surface area contributed by atoms with Crippen molar-refractivity contribution in [3.8, 4) is 11.5 Å². The molecule has 12 nitrogen and oxygen atoms in total. The molecule has 8 rings (SSSR count). The first-order chi connectivity index (χ1) is 27.4. The zero-order chi connectivity index (χ0) is 40.4. The van der Waals surface area contributed by atoms with Gasteiger partial charge in [-0.15, -0.1) is 0 Å². The van der Waals surface area contributed by atoms with Crippen LogP contribution in [0.4, 0.5) is 11.4 Å². The van der Waals surface area contributed by atoms with Crippen molar-refractivity contribution in [3.63, 3.8) is 0 Å². The van der Waals surface area contributed by atoms with E-state index in [4.69, 9.17) is 70.2 Å². The first-order valence-electron chi connectivity index (χ1n) is 18.0. The summed E-state index contributed by atoms with van der Waals surface area (Å²) in [4.78, 5) is 31.2. The van der Waals surface area contributed by atoms with Crippen LogP contribution in [0.1, 0.15) is 32.2 Å². The summed E-state index contributed by atoms with van der Waals surface area (Å²) in [6, 6.07) is 21.0. The molecule has 6 aromatic rings. The lowest BCUT2D eigenvalue weighted by Crippen LogP contribution is -2.46. The summed E-state index contributed by atoms with van der Waals surface area (Å²) in [5.74, 6) is -1.47. The molecule has 0 saturated carbocycles. The molecule has 3 N–H and O–H groups in total. The molecule has 2 aliphatic heterocycles. The zero-order valence-corrected chi connectivity index (χ0v) is 33.7. The van der Waals surface area contributed by atoms with E-state index < -0.39 is 11.9 Å². The Kier molecular flexibility index (Phi) is 12.3. The molecule has 4 heterocycles. The molecule has 0 aliphatic carbocycles. The predicted molar refractivity (Wildman–Crippen MR) is 222 cm³/mol. The Balaban J connectivity index is 0.000000174. The molecule has 2 fully saturated rings. The van der Waals surface area contributed by atoms with Crippen molar-refractivity contribution in [1.82, 2.24) is 9.80 Å². The summed E-state index contributed by atoms with van der Waals surface area (Å²) in [6.45, 7) is 7.63. The number of aromatic hydroxyl groups is 1. The Morgan fingerprint density at radius 1 is 0.632 bits per heavy atom. The van der Waals surface area contributed by atoms with Crippen molar-refractivity contribution in [2.24, 2.45) is 0 Å². The van der Waals surface area contributed by atoms with Crippen molar-refractivity contribution < 1.29 is 38.5 Å². The van der Waals surface area contributed by atoms with E-state index in [-0.39, 0.29) is 17.3 Å². The quantitative estimate of drug-likeness (QED) is 0.128. The second-order valence-corrected chi connectivity index (χ2v) is 15.2. The molecule has 4 aromatic carbocycles. The van der Waals surface area contributed by atoms with Gasteiger partial charge in [0.25, 0.3) is 0 Å². The number of nitrogens with zero attached hydrogens (tertiary/aromatic N) is 4. The van der Waals surface area contributed by atoms with E-state index in [1.807, 2.05) is 30.3 Å². The summed E-state index contributed by atoms with van der Waals surface area (Å²) in [7, 11) is 1.65. The third kappa shape index (κ3) is 8.72. The van der Waals surface area contributed by atoms with Gasteiger partial charge >= 0.3 is 11.9 Å². The SMILES string of the molecule is COc1cccc(Cl)c1CN1CCN(c2ccc3oc(C(=O)O)cc3c2Cl)CC1.O=C(O)c1cc2c(Cl)c(N3CCN(Cc4c(O)cccc4Cl)CC3)ccc2o1. The summed E-state index contributed by atoms with van der Waals surface area (Å²) in [6.07, 6.45) is 0. The van der Waals surface area contributed by atoms with Gasteiger partial charge in [0.15, 0.2) is 0 Å². The highest BCUT2D eigenvalue weighted by Gasteiger charge is 2.25. The first-order valence-corrected chi connectivity index (χ1v) is 19.6. The van der Waals surface area contributed by atoms with Crippen LogP contribution in [0.3, 0.4) is 0 Å². The highest BCUT2D eigenvalue weighted by atomic mass is 35.5. The average molecular weight is 857 g/mol. The van der Waals surface area contributed by atoms with Crippen LogP contribution in [0.25, 0.3) is 21.9 Å². The number of anilines is 2. The molecule has 0 bridgehead atoms. The van der Waals surface area contributed by atoms with E-state index in [9.17, 15) is 14.7 Å². The maximum Gasteiger partial charge on any atom is 0.371 e. The molecular formula is C41H38Cl4N4O8. The zero-order valence-electron chi connectivity index (χ0n) is 30.7. The summed E-state index contributed by atoms with van der Waals surface area (Å²) >= 11 is 25.7. The van der Waals surface area contributed by atoms with Crippen molar-refractivity contribution in [1.29, 1.82) is 0 Å². The van der Waals surface area contributed by atoms with Crippen LogP contribution in [-0.2, 0) is 13.1 Å². The number of rotatable bonds is 9. The fourth-order valence-corrected chi connectivity index (χ4v) is 8.28. The number of phenolic OH excluding ortho intramolecular Hbond substituents is 1. The molecule has 298 valence electrons. The van der Waals surface area contributed by atoms with Gasteiger partial charge in [-0.25, -0.2) is 9.59 Å². The molecule has 16 heteroatoms. The van der Waals surface area contributed by atoms with Gasteiger partial charge < -0.3 is 38.7 Å². The van der Waals surface area contributed by atoms with Crippen LogP contribution < -0.4 is 14.5 Å². The Labute approximate surface area is 347 Å². The molecule has 2 aromatic heterocycles. The number of fused-ring (bicyclic) bond motifs is 2. The second kappa shape index (κ2) is 17.4. The van der Waals surface area contributed by atoms with Gasteiger partial charge in [0.05, 0.1) is 28.5 Å². The number of piperazine rings is 2. The van der Waals surface area contributed by atoms with E-state index in [1.165, 1.54) is 12.1 Å². The topological polar surface area (TPSA) is 143 Å². The standard InChI is InChI=1S/C21H20Cl2N2O4.C20H18Cl2N2O4/c1-28-17-4-2-3-15(22)14(17)12-24-7-9-25(10-8-24)16-5-6-18-13(20(16)23)11-19(29-18)21(26)27;21-14-2-1-3-16(25)13(14)11-23-6-8-24(9-7-23)15-4-5-17-12(19(15)22)10-18(28-17)20(26)27/h2-6,11H,7-10,12H2,1H3,(H,26,27);1-5,10,25H,6-9,11H2,(H,26,27). The summed E-state index contributed by atoms with van der Waals surface area (Å²) in [5.41, 5.74) is 4.39. The number of aromatic carboxylic acids is 2. The molecule has 2 saturated heterocycles. The molecule has 0 unspecified atom stereocenters. The number of halogens is 4. The molecule has 0 atom stereocenters. The van der Waals surface area contributed by atoms with Crippen molar-refractivity contribution in [3.05, 3.63) is 116 Å². The number of methoxy groups -OCH3 is 1. The molecule has 57 heavy (non-hydrogen) atoms. The summed E-state index contributed by atoms with van der Waals surface area (Å²) in [5, 5.41) is 31.8. The van der Waals surface area contributed by atoms with Gasteiger partial charge in [0.2, 0.25) is 11.5 Å². The van der Waals surface area contributed by atoms with Crippen molar-refractivity contribution in [2.75, 3.05) is 69.3 Å². The lowest BCUT2D eigenvalue weighted by molar-refractivity contribution is 0.0655. The molecule has 0 spiro atoms. The molecular weight excluding hydrogens is 818 g/mol. The van der Waals surface area contributed by atoms with Gasteiger partial charge in [-0.3, -0.25) is 9.80 Å². The number of ether oxygens (including phenoxy) is 1. The van der Waals surface area contributed by atoms with E-state index in [0.29, 0.717) is 55.1 Å². The average Bonchev–Trinajstić information content (AvgIpc) is 3.86. The van der Waals surface area contributed by atoms with Crippen LogP contribution in [0.2, 0.25) is 20.1 Å². The number of phenols is 1. The van der Waals surface area contributed by atoms with Gasteiger partial charge in [0.1, 0.15) is 22.7 Å². The van der Waals surface area contributed by atoms with Crippen LogP contribution in [-0.4, -0.2) is 96.5 Å². The number of benzene rings is 4. The summed E-state index contributed by atoms with van der Waals surface area (Å²) < 4.78 is 16.1. The molecule has 0 radical (unpaired) electrons. The number of hydrogen-bond donors (Lipinski definition) is 3. The Bertz CT molecular complexity index is 2420. The fourth-order valence-electron chi connectivity index (χ4n) is 7.16. The third-order valence-corrected chi connectivity index (χ3v) is 11.7. The Morgan fingerprint density at radius 2 is 1.07 bits per heavy atom. The largest absolute Gasteiger partial charge is 0.508 e. The maximum absolute atomic E-state index is 11.2. The second-order valence-electron chi connectivity index (χ2n) is 13.6. The third-order valence-electron chi connectivity index (χ3n) is 10.2. The lowest BCUT2D eigenvalue weighted by atomic mass is 10.1. The highest BCUT2D eigenvalue weighted by Crippen LogP contribution is 2.38. The van der Waals surface area contributed by atoms with Gasteiger partial charge in [-0.05, 0) is 48.5 Å². The predicted octanol–water partition coefficient (Wildman–Crippen LogP) is 9.23. The van der Waals surface area contributed by atoms with E-state index in [0.717, 1.165) is 80.6 Å². The van der Waals surface area contributed by atoms with Crippen LogP contribution >= 0.6 is 46.4 Å². The minimum atomic E-state index is -1.12. The maximum atomic E-state index is 11.2. The minimum absolute atomic E-state index is 0.113. The fraction of sp³-hybridized carbons (Fsp3) is 0.268. The molecule has 2 aliphatic rings. The lowest BCUT2D eigenvalue weighted by Gasteiger charge is -2.36. The van der Waals surface area contributed by atoms with Gasteiger partial charge in [0, 0.05) is 110 Å². The monoisotopic (exact) mass is 854 g/mol. The highest BCUT2D eigenvalue weighted by molar-refractivity contribution is 6.38. The number of carbonyl (C=O) groups is 2. The van der Waals surface area contributed by atoms with Crippen molar-refractivity contribution in [2.45, 2.75) is 13.1 Å². The Morgan fingerprint density at radius 3 is 1.51 bits per heavy atom.